The zero-order chi connectivity index (χ0) is 17.6. The molecule has 0 heterocycles. The highest BCUT2D eigenvalue weighted by Crippen LogP contribution is 2.42. The van der Waals surface area contributed by atoms with Gasteiger partial charge >= 0.3 is 0 Å². The highest BCUT2D eigenvalue weighted by molar-refractivity contribution is 5.84. The average Bonchev–Trinajstić information content (AvgIpc) is 3.48. The molecule has 3 rings (SSSR count). The van der Waals surface area contributed by atoms with Crippen molar-refractivity contribution < 1.29 is 14.3 Å². The van der Waals surface area contributed by atoms with Gasteiger partial charge in [0.2, 0.25) is 5.91 Å². The van der Waals surface area contributed by atoms with Crippen molar-refractivity contribution >= 4 is 5.91 Å². The summed E-state index contributed by atoms with van der Waals surface area (Å²) in [6, 6.07) is 15.9. The standard InChI is InChI=1S/C21H25NO3/c1-24-18-11-10-15(19(14-18)25-2)12-13-22-21(23)20(17-8-9-17)16-6-4-3-5-7-16/h3-7,10-11,14,17,20H,8-9,12-13H2,1-2H3,(H,22,23). The number of carbonyl (C=O) groups excluding carboxylic acids is 1. The number of rotatable bonds is 8. The smallest absolute Gasteiger partial charge is 0.227 e. The molecule has 1 saturated carbocycles. The fourth-order valence-corrected chi connectivity index (χ4v) is 3.22. The second-order valence-corrected chi connectivity index (χ2v) is 6.44. The van der Waals surface area contributed by atoms with Gasteiger partial charge < -0.3 is 14.8 Å². The first-order valence-corrected chi connectivity index (χ1v) is 8.76. The van der Waals surface area contributed by atoms with Crippen LogP contribution in [0.5, 0.6) is 11.5 Å². The summed E-state index contributed by atoms with van der Waals surface area (Å²) >= 11 is 0. The molecule has 1 amide bonds. The van der Waals surface area contributed by atoms with E-state index >= 15 is 0 Å². The first kappa shape index (κ1) is 17.3. The molecule has 4 heteroatoms. The van der Waals surface area contributed by atoms with Gasteiger partial charge in [-0.05, 0) is 42.4 Å². The lowest BCUT2D eigenvalue weighted by Gasteiger charge is -2.17. The Morgan fingerprint density at radius 3 is 2.52 bits per heavy atom. The molecular formula is C21H25NO3. The normalized spacial score (nSPS) is 14.6. The molecule has 1 atom stereocenters. The highest BCUT2D eigenvalue weighted by atomic mass is 16.5. The predicted octanol–water partition coefficient (Wildman–Crippen LogP) is 3.56. The zero-order valence-electron chi connectivity index (χ0n) is 14.8. The maximum absolute atomic E-state index is 12.7. The van der Waals surface area contributed by atoms with Crippen LogP contribution in [0.4, 0.5) is 0 Å². The molecule has 1 aliphatic rings. The number of nitrogens with one attached hydrogen (secondary N) is 1. The first-order chi connectivity index (χ1) is 12.2. The van der Waals surface area contributed by atoms with Crippen molar-refractivity contribution in [3.63, 3.8) is 0 Å². The van der Waals surface area contributed by atoms with E-state index in [0.717, 1.165) is 41.9 Å². The van der Waals surface area contributed by atoms with Gasteiger partial charge in [-0.25, -0.2) is 0 Å². The average molecular weight is 339 g/mol. The summed E-state index contributed by atoms with van der Waals surface area (Å²) in [7, 11) is 3.28. The highest BCUT2D eigenvalue weighted by Gasteiger charge is 2.36. The quantitative estimate of drug-likeness (QED) is 0.800. The fourth-order valence-electron chi connectivity index (χ4n) is 3.22. The molecule has 4 nitrogen and oxygen atoms in total. The van der Waals surface area contributed by atoms with Gasteiger partial charge in [0, 0.05) is 12.6 Å². The number of benzene rings is 2. The van der Waals surface area contributed by atoms with Gasteiger partial charge in [0.25, 0.3) is 0 Å². The summed E-state index contributed by atoms with van der Waals surface area (Å²) in [6.45, 7) is 0.595. The second-order valence-electron chi connectivity index (χ2n) is 6.44. The number of carbonyl (C=O) groups is 1. The molecule has 0 bridgehead atoms. The van der Waals surface area contributed by atoms with E-state index in [0.29, 0.717) is 12.5 Å². The second kappa shape index (κ2) is 8.06. The number of hydrogen-bond donors (Lipinski definition) is 1. The Bertz CT molecular complexity index is 710. The Morgan fingerprint density at radius 2 is 1.88 bits per heavy atom. The van der Waals surface area contributed by atoms with Gasteiger partial charge in [-0.2, -0.15) is 0 Å². The molecule has 0 aliphatic heterocycles. The Balaban J connectivity index is 1.60. The Kier molecular flexibility index (Phi) is 5.59. The van der Waals surface area contributed by atoms with Crippen molar-refractivity contribution in [1.29, 1.82) is 0 Å². The molecule has 1 fully saturated rings. The Morgan fingerprint density at radius 1 is 1.12 bits per heavy atom. The van der Waals surface area contributed by atoms with E-state index in [4.69, 9.17) is 9.47 Å². The number of methoxy groups -OCH3 is 2. The van der Waals surface area contributed by atoms with Gasteiger partial charge in [-0.1, -0.05) is 36.4 Å². The maximum atomic E-state index is 12.7. The third kappa shape index (κ3) is 4.32. The minimum absolute atomic E-state index is 0.0287. The molecule has 132 valence electrons. The predicted molar refractivity (Wildman–Crippen MR) is 98.2 cm³/mol. The summed E-state index contributed by atoms with van der Waals surface area (Å²) in [5.74, 6) is 2.14. The van der Waals surface area contributed by atoms with E-state index in [9.17, 15) is 4.79 Å². The van der Waals surface area contributed by atoms with Crippen molar-refractivity contribution in [2.75, 3.05) is 20.8 Å². The number of amides is 1. The molecule has 25 heavy (non-hydrogen) atoms. The van der Waals surface area contributed by atoms with Crippen LogP contribution in [0.25, 0.3) is 0 Å². The van der Waals surface area contributed by atoms with Crippen LogP contribution in [0.3, 0.4) is 0 Å². The van der Waals surface area contributed by atoms with Gasteiger partial charge in [-0.15, -0.1) is 0 Å². The van der Waals surface area contributed by atoms with E-state index in [1.807, 2.05) is 36.4 Å². The zero-order valence-corrected chi connectivity index (χ0v) is 14.8. The molecule has 0 radical (unpaired) electrons. The summed E-state index contributed by atoms with van der Waals surface area (Å²) in [4.78, 5) is 12.7. The molecular weight excluding hydrogens is 314 g/mol. The van der Waals surface area contributed by atoms with Crippen molar-refractivity contribution in [1.82, 2.24) is 5.32 Å². The molecule has 2 aromatic rings. The van der Waals surface area contributed by atoms with Crippen LogP contribution >= 0.6 is 0 Å². The summed E-state index contributed by atoms with van der Waals surface area (Å²) in [6.07, 6.45) is 3.00. The molecule has 2 aromatic carbocycles. The molecule has 0 spiro atoms. The number of hydrogen-bond acceptors (Lipinski definition) is 3. The lowest BCUT2D eigenvalue weighted by atomic mass is 9.93. The minimum Gasteiger partial charge on any atom is -0.497 e. The van der Waals surface area contributed by atoms with Crippen LogP contribution in [0.15, 0.2) is 48.5 Å². The fraction of sp³-hybridized carbons (Fsp3) is 0.381. The Hall–Kier alpha value is -2.49. The first-order valence-electron chi connectivity index (χ1n) is 8.76. The third-order valence-corrected chi connectivity index (χ3v) is 4.72. The maximum Gasteiger partial charge on any atom is 0.227 e. The van der Waals surface area contributed by atoms with Crippen molar-refractivity contribution in [2.24, 2.45) is 5.92 Å². The summed E-state index contributed by atoms with van der Waals surface area (Å²) in [5.41, 5.74) is 2.18. The van der Waals surface area contributed by atoms with Crippen molar-refractivity contribution in [2.45, 2.75) is 25.2 Å². The third-order valence-electron chi connectivity index (χ3n) is 4.72. The van der Waals surface area contributed by atoms with Crippen LogP contribution in [-0.2, 0) is 11.2 Å². The van der Waals surface area contributed by atoms with E-state index < -0.39 is 0 Å². The SMILES string of the molecule is COc1ccc(CCNC(=O)C(c2ccccc2)C2CC2)c(OC)c1. The lowest BCUT2D eigenvalue weighted by molar-refractivity contribution is -0.123. The van der Waals surface area contributed by atoms with Gasteiger partial charge in [0.1, 0.15) is 11.5 Å². The van der Waals surface area contributed by atoms with Crippen molar-refractivity contribution in [3.8, 4) is 11.5 Å². The van der Waals surface area contributed by atoms with Crippen LogP contribution in [-0.4, -0.2) is 26.7 Å². The van der Waals surface area contributed by atoms with Crippen LogP contribution in [0, 0.1) is 5.92 Å². The summed E-state index contributed by atoms with van der Waals surface area (Å²) < 4.78 is 10.6. The lowest BCUT2D eigenvalue weighted by Crippen LogP contribution is -2.32. The van der Waals surface area contributed by atoms with Gasteiger partial charge in [-0.3, -0.25) is 4.79 Å². The van der Waals surface area contributed by atoms with E-state index in [-0.39, 0.29) is 11.8 Å². The molecule has 1 aliphatic carbocycles. The number of ether oxygens (including phenoxy) is 2. The van der Waals surface area contributed by atoms with E-state index in [1.165, 1.54) is 0 Å². The summed E-state index contributed by atoms with van der Waals surface area (Å²) in [5, 5.41) is 3.11. The minimum atomic E-state index is -0.0287. The monoisotopic (exact) mass is 339 g/mol. The van der Waals surface area contributed by atoms with Crippen LogP contribution < -0.4 is 14.8 Å². The van der Waals surface area contributed by atoms with E-state index in [1.54, 1.807) is 14.2 Å². The van der Waals surface area contributed by atoms with Gasteiger partial charge in [0.05, 0.1) is 20.1 Å². The van der Waals surface area contributed by atoms with Crippen molar-refractivity contribution in [3.05, 3.63) is 59.7 Å². The Labute approximate surface area is 149 Å². The van der Waals surface area contributed by atoms with E-state index in [2.05, 4.69) is 17.4 Å². The molecule has 1 N–H and O–H groups in total. The van der Waals surface area contributed by atoms with Crippen LogP contribution in [0.2, 0.25) is 0 Å². The van der Waals surface area contributed by atoms with Crippen LogP contribution in [0.1, 0.15) is 29.9 Å². The topological polar surface area (TPSA) is 47.6 Å². The molecule has 0 aromatic heterocycles. The molecule has 1 unspecified atom stereocenters. The largest absolute Gasteiger partial charge is 0.497 e. The molecule has 0 saturated heterocycles. The van der Waals surface area contributed by atoms with Gasteiger partial charge in [0.15, 0.2) is 0 Å².